The van der Waals surface area contributed by atoms with Gasteiger partial charge in [0.15, 0.2) is 5.96 Å². The number of aliphatic imine (C=N–C) groups is 1. The van der Waals surface area contributed by atoms with Gasteiger partial charge in [-0.25, -0.2) is 8.42 Å². The number of aromatic nitrogens is 1. The number of nitrogens with zero attached hydrogens (tertiary/aromatic N) is 4. The summed E-state index contributed by atoms with van der Waals surface area (Å²) in [5.74, 6) is 1.03. The molecule has 0 aliphatic carbocycles. The minimum atomic E-state index is -2.90. The predicted molar refractivity (Wildman–Crippen MR) is 89.0 cm³/mol. The number of sulfone groups is 1. The lowest BCUT2D eigenvalue weighted by molar-refractivity contribution is 0.169. The van der Waals surface area contributed by atoms with Crippen molar-refractivity contribution in [3.8, 4) is 0 Å². The highest BCUT2D eigenvalue weighted by atomic mass is 32.2. The van der Waals surface area contributed by atoms with Crippen LogP contribution in [0.3, 0.4) is 0 Å². The minimum Gasteiger partial charge on any atom is -0.364 e. The maximum Gasteiger partial charge on any atom is 0.193 e. The second-order valence-corrected chi connectivity index (χ2v) is 7.97. The van der Waals surface area contributed by atoms with Gasteiger partial charge >= 0.3 is 0 Å². The zero-order chi connectivity index (χ0) is 16.7. The first-order valence-corrected chi connectivity index (χ1v) is 9.79. The molecule has 0 unspecified atom stereocenters. The zero-order valence-corrected chi connectivity index (χ0v) is 14.5. The van der Waals surface area contributed by atoms with Crippen LogP contribution in [0.15, 0.2) is 21.8 Å². The third kappa shape index (κ3) is 6.19. The van der Waals surface area contributed by atoms with Gasteiger partial charge in [-0.15, -0.1) is 0 Å². The molecule has 8 nitrogen and oxygen atoms in total. The van der Waals surface area contributed by atoms with E-state index in [0.29, 0.717) is 13.0 Å². The van der Waals surface area contributed by atoms with Crippen LogP contribution in [0, 0.1) is 0 Å². The first-order valence-electron chi connectivity index (χ1n) is 7.73. The zero-order valence-electron chi connectivity index (χ0n) is 13.7. The van der Waals surface area contributed by atoms with Gasteiger partial charge in [0.25, 0.3) is 0 Å². The molecule has 1 N–H and O–H groups in total. The minimum absolute atomic E-state index is 0.197. The number of rotatable bonds is 6. The molecule has 0 saturated carbocycles. The summed E-state index contributed by atoms with van der Waals surface area (Å²) in [5.41, 5.74) is 0.946. The van der Waals surface area contributed by atoms with Gasteiger partial charge in [0.05, 0.1) is 11.4 Å². The van der Waals surface area contributed by atoms with E-state index in [1.165, 1.54) is 6.26 Å². The van der Waals surface area contributed by atoms with Crippen LogP contribution in [0.4, 0.5) is 0 Å². The van der Waals surface area contributed by atoms with Gasteiger partial charge in [-0.05, 0) is 6.42 Å². The normalized spacial score (nSPS) is 17.5. The molecule has 0 radical (unpaired) electrons. The summed E-state index contributed by atoms with van der Waals surface area (Å²) < 4.78 is 27.1. The van der Waals surface area contributed by atoms with Gasteiger partial charge in [-0.3, -0.25) is 9.89 Å². The molecule has 0 bridgehead atoms. The molecular formula is C14H25N5O3S. The molecule has 1 aromatic heterocycles. The van der Waals surface area contributed by atoms with E-state index in [0.717, 1.165) is 44.4 Å². The van der Waals surface area contributed by atoms with Crippen molar-refractivity contribution in [1.29, 1.82) is 0 Å². The summed E-state index contributed by atoms with van der Waals surface area (Å²) in [6.45, 7) is 5.02. The first kappa shape index (κ1) is 17.7. The molecule has 2 rings (SSSR count). The Labute approximate surface area is 137 Å². The van der Waals surface area contributed by atoms with E-state index in [1.807, 2.05) is 6.07 Å². The van der Waals surface area contributed by atoms with E-state index in [9.17, 15) is 8.42 Å². The third-order valence-electron chi connectivity index (χ3n) is 3.74. The van der Waals surface area contributed by atoms with Gasteiger partial charge in [0, 0.05) is 58.6 Å². The van der Waals surface area contributed by atoms with Crippen molar-refractivity contribution in [3.05, 3.63) is 18.0 Å². The highest BCUT2D eigenvalue weighted by molar-refractivity contribution is 7.90. The first-order chi connectivity index (χ1) is 11.0. The topological polar surface area (TPSA) is 91.0 Å². The molecule has 23 heavy (non-hydrogen) atoms. The van der Waals surface area contributed by atoms with Gasteiger partial charge in [0.1, 0.15) is 16.1 Å². The third-order valence-corrected chi connectivity index (χ3v) is 4.77. The Bertz CT molecular complexity index is 592. The molecule has 0 aromatic carbocycles. The van der Waals surface area contributed by atoms with Crippen LogP contribution in [0.5, 0.6) is 0 Å². The maximum absolute atomic E-state index is 11.1. The van der Waals surface area contributed by atoms with Crippen LogP contribution in [0.25, 0.3) is 0 Å². The van der Waals surface area contributed by atoms with E-state index in [4.69, 9.17) is 4.52 Å². The van der Waals surface area contributed by atoms with E-state index in [2.05, 4.69) is 25.3 Å². The fourth-order valence-corrected chi connectivity index (χ4v) is 3.20. The largest absolute Gasteiger partial charge is 0.364 e. The average molecular weight is 343 g/mol. The smallest absolute Gasteiger partial charge is 0.193 e. The number of hydrogen-bond donors (Lipinski definition) is 1. The monoisotopic (exact) mass is 343 g/mol. The number of guanidine groups is 1. The van der Waals surface area contributed by atoms with Crippen molar-refractivity contribution in [2.24, 2.45) is 4.99 Å². The molecule has 1 fully saturated rings. The predicted octanol–water partition coefficient (Wildman–Crippen LogP) is -0.198. The Kier molecular flexibility index (Phi) is 6.40. The fourth-order valence-electron chi connectivity index (χ4n) is 2.53. The summed E-state index contributed by atoms with van der Waals surface area (Å²) in [6, 6.07) is 1.88. The maximum atomic E-state index is 11.1. The Morgan fingerprint density at radius 1 is 1.39 bits per heavy atom. The summed E-state index contributed by atoms with van der Waals surface area (Å²) in [4.78, 5) is 8.80. The van der Waals surface area contributed by atoms with Gasteiger partial charge in [-0.1, -0.05) is 5.16 Å². The molecule has 9 heteroatoms. The molecule has 1 aromatic rings. The van der Waals surface area contributed by atoms with Crippen molar-refractivity contribution in [3.63, 3.8) is 0 Å². The van der Waals surface area contributed by atoms with Gasteiger partial charge < -0.3 is 14.7 Å². The van der Waals surface area contributed by atoms with Crippen LogP contribution < -0.4 is 5.32 Å². The van der Waals surface area contributed by atoms with Crippen LogP contribution in [0.1, 0.15) is 12.1 Å². The van der Waals surface area contributed by atoms with Crippen LogP contribution in [0.2, 0.25) is 0 Å². The van der Waals surface area contributed by atoms with Crippen molar-refractivity contribution >= 4 is 15.8 Å². The Morgan fingerprint density at radius 3 is 2.70 bits per heavy atom. The van der Waals surface area contributed by atoms with E-state index in [1.54, 1.807) is 13.3 Å². The summed E-state index contributed by atoms with van der Waals surface area (Å²) in [6.07, 6.45) is 3.44. The van der Waals surface area contributed by atoms with E-state index < -0.39 is 9.84 Å². The van der Waals surface area contributed by atoms with Crippen molar-refractivity contribution in [2.45, 2.75) is 13.0 Å². The molecule has 1 aliphatic rings. The van der Waals surface area contributed by atoms with Gasteiger partial charge in [0.2, 0.25) is 0 Å². The molecule has 0 atom stereocenters. The summed E-state index contributed by atoms with van der Waals surface area (Å²) in [5, 5.41) is 7.17. The lowest BCUT2D eigenvalue weighted by atomic mass is 10.3. The molecule has 0 amide bonds. The summed E-state index contributed by atoms with van der Waals surface area (Å²) >= 11 is 0. The Hall–Kier alpha value is -1.61. The summed E-state index contributed by atoms with van der Waals surface area (Å²) in [7, 11) is -1.15. The number of piperazine rings is 1. The van der Waals surface area contributed by atoms with Crippen molar-refractivity contribution < 1.29 is 12.9 Å². The van der Waals surface area contributed by atoms with Crippen LogP contribution in [-0.4, -0.2) is 81.1 Å². The number of nitrogens with one attached hydrogen (secondary N) is 1. The van der Waals surface area contributed by atoms with Crippen molar-refractivity contribution in [1.82, 2.24) is 20.3 Å². The number of hydrogen-bond acceptors (Lipinski definition) is 6. The van der Waals surface area contributed by atoms with E-state index >= 15 is 0 Å². The standard InChI is InChI=1S/C14H25N5O3S/c1-15-14(16-5-3-11-23(2,20)21)19-8-6-18(7-9-19)12-13-4-10-22-17-13/h4,10H,3,5-9,11-12H2,1-2H3,(H,15,16). The molecule has 0 spiro atoms. The quantitative estimate of drug-likeness (QED) is 0.434. The highest BCUT2D eigenvalue weighted by Gasteiger charge is 2.20. The fraction of sp³-hybridized carbons (Fsp3) is 0.714. The van der Waals surface area contributed by atoms with E-state index in [-0.39, 0.29) is 5.75 Å². The lowest BCUT2D eigenvalue weighted by Gasteiger charge is -2.36. The van der Waals surface area contributed by atoms with Gasteiger partial charge in [-0.2, -0.15) is 0 Å². The Balaban J connectivity index is 1.72. The van der Waals surface area contributed by atoms with Crippen LogP contribution >= 0.6 is 0 Å². The lowest BCUT2D eigenvalue weighted by Crippen LogP contribution is -2.52. The molecule has 1 aliphatic heterocycles. The Morgan fingerprint density at radius 2 is 2.13 bits per heavy atom. The highest BCUT2D eigenvalue weighted by Crippen LogP contribution is 2.07. The molecule has 130 valence electrons. The SMILES string of the molecule is CN=C(NCCCS(C)(=O)=O)N1CCN(Cc2ccon2)CC1. The van der Waals surface area contributed by atoms with Crippen molar-refractivity contribution in [2.75, 3.05) is 51.8 Å². The second-order valence-electron chi connectivity index (χ2n) is 5.71. The van der Waals surface area contributed by atoms with Crippen LogP contribution in [-0.2, 0) is 16.4 Å². The molecule has 2 heterocycles. The second kappa shape index (κ2) is 8.30. The molecular weight excluding hydrogens is 318 g/mol. The molecule has 1 saturated heterocycles. The average Bonchev–Trinajstić information content (AvgIpc) is 3.00.